The van der Waals surface area contributed by atoms with Gasteiger partial charge < -0.3 is 25.0 Å². The average Bonchev–Trinajstić information content (AvgIpc) is 3.61. The number of nitrogens with zero attached hydrogens (tertiary/aromatic N) is 1. The highest BCUT2D eigenvalue weighted by molar-refractivity contribution is 6.31. The molecule has 2 aromatic rings. The van der Waals surface area contributed by atoms with Gasteiger partial charge in [-0.3, -0.25) is 14.4 Å². The van der Waals surface area contributed by atoms with Gasteiger partial charge in [-0.05, 0) is 42.5 Å². The van der Waals surface area contributed by atoms with Crippen molar-refractivity contribution in [2.45, 2.75) is 63.4 Å². The van der Waals surface area contributed by atoms with Gasteiger partial charge in [-0.25, -0.2) is 4.39 Å². The Kier molecular flexibility index (Phi) is 7.51. The molecule has 6 rings (SSSR count). The number of rotatable bonds is 7. The van der Waals surface area contributed by atoms with E-state index >= 15 is 0 Å². The van der Waals surface area contributed by atoms with E-state index in [0.717, 1.165) is 24.8 Å². The largest absolute Gasteiger partial charge is 0.496 e. The maximum absolute atomic E-state index is 14.3. The van der Waals surface area contributed by atoms with Crippen LogP contribution in [0.3, 0.4) is 0 Å². The Bertz CT molecular complexity index is 1450. The number of ether oxygens (including phenoxy) is 2. The minimum absolute atomic E-state index is 0.0233. The van der Waals surface area contributed by atoms with E-state index in [1.165, 1.54) is 23.1 Å². The molecule has 2 N–H and O–H groups in total. The molecule has 1 saturated carbocycles. The van der Waals surface area contributed by atoms with Crippen molar-refractivity contribution in [2.75, 3.05) is 12.4 Å². The Morgan fingerprint density at radius 3 is 2.71 bits per heavy atom. The highest BCUT2D eigenvalue weighted by Gasteiger charge is 2.72. The molecular weight excluding hydrogens is 561 g/mol. The highest BCUT2D eigenvalue weighted by atomic mass is 35.5. The van der Waals surface area contributed by atoms with Gasteiger partial charge in [0.2, 0.25) is 17.7 Å². The number of anilines is 1. The van der Waals surface area contributed by atoms with E-state index in [1.54, 1.807) is 25.3 Å². The summed E-state index contributed by atoms with van der Waals surface area (Å²) in [6.45, 7) is 4.47. The van der Waals surface area contributed by atoms with Crippen molar-refractivity contribution in [3.8, 4) is 5.75 Å². The number of likely N-dealkylation sites (tertiary alicyclic amines) is 1. The van der Waals surface area contributed by atoms with Crippen LogP contribution in [-0.2, 0) is 25.7 Å². The minimum Gasteiger partial charge on any atom is -0.496 e. The lowest BCUT2D eigenvalue weighted by molar-refractivity contribution is -0.142. The van der Waals surface area contributed by atoms with Gasteiger partial charge in [-0.2, -0.15) is 0 Å². The van der Waals surface area contributed by atoms with Crippen molar-refractivity contribution >= 4 is 35.0 Å². The number of halogens is 2. The monoisotopic (exact) mass is 595 g/mol. The maximum Gasteiger partial charge on any atom is 0.246 e. The van der Waals surface area contributed by atoms with E-state index in [-0.39, 0.29) is 35.3 Å². The molecule has 0 radical (unpaired) electrons. The molecular formula is C32H35ClFN3O5. The number of amides is 3. The zero-order valence-electron chi connectivity index (χ0n) is 23.8. The molecule has 1 spiro atoms. The zero-order chi connectivity index (χ0) is 29.8. The number of para-hydroxylation sites is 1. The van der Waals surface area contributed by atoms with Crippen LogP contribution in [0.2, 0.25) is 5.02 Å². The van der Waals surface area contributed by atoms with Crippen LogP contribution in [0.4, 0.5) is 10.1 Å². The molecule has 3 amide bonds. The molecule has 1 aliphatic carbocycles. The van der Waals surface area contributed by atoms with Crippen molar-refractivity contribution in [1.82, 2.24) is 10.2 Å². The van der Waals surface area contributed by atoms with Crippen LogP contribution < -0.4 is 15.4 Å². The third-order valence-electron chi connectivity index (χ3n) is 9.68. The van der Waals surface area contributed by atoms with Crippen LogP contribution >= 0.6 is 11.6 Å². The number of carbonyl (C=O) groups is 3. The SMILES string of the molecule is COc1ccccc1CN1C(=O)[C@@H]2[C@H](C(=O)Nc3ccc(F)c(Cl)c3)[C@@H]3C=C[C@@]2(O3)[C@@H]1C(=O)N[C@@H]1CCC[C@@H](C)[C@H]1C. The Balaban J connectivity index is 1.34. The first kappa shape index (κ1) is 28.7. The number of hydrogen-bond acceptors (Lipinski definition) is 5. The zero-order valence-corrected chi connectivity index (χ0v) is 24.6. The van der Waals surface area contributed by atoms with Crippen LogP contribution in [0, 0.1) is 29.5 Å². The molecule has 10 heteroatoms. The number of benzene rings is 2. The third-order valence-corrected chi connectivity index (χ3v) is 9.97. The van der Waals surface area contributed by atoms with E-state index < -0.39 is 41.3 Å². The second kappa shape index (κ2) is 11.0. The quantitative estimate of drug-likeness (QED) is 0.452. The summed E-state index contributed by atoms with van der Waals surface area (Å²) in [5.41, 5.74) is -0.263. The van der Waals surface area contributed by atoms with Crippen molar-refractivity contribution in [3.63, 3.8) is 0 Å². The van der Waals surface area contributed by atoms with Crippen LogP contribution in [0.1, 0.15) is 38.7 Å². The summed E-state index contributed by atoms with van der Waals surface area (Å²) in [5, 5.41) is 5.91. The van der Waals surface area contributed by atoms with Gasteiger partial charge in [-0.15, -0.1) is 0 Å². The molecule has 8 nitrogen and oxygen atoms in total. The normalized spacial score (nSPS) is 33.0. The van der Waals surface area contributed by atoms with Crippen molar-refractivity contribution in [2.24, 2.45) is 23.7 Å². The van der Waals surface area contributed by atoms with Gasteiger partial charge in [0, 0.05) is 17.3 Å². The van der Waals surface area contributed by atoms with Crippen LogP contribution in [0.5, 0.6) is 5.75 Å². The topological polar surface area (TPSA) is 97.0 Å². The lowest BCUT2D eigenvalue weighted by Gasteiger charge is -2.38. The van der Waals surface area contributed by atoms with Crippen molar-refractivity contribution in [3.05, 3.63) is 71.0 Å². The van der Waals surface area contributed by atoms with Gasteiger partial charge >= 0.3 is 0 Å². The second-order valence-corrected chi connectivity index (χ2v) is 12.4. The predicted molar refractivity (Wildman–Crippen MR) is 155 cm³/mol. The number of methoxy groups -OCH3 is 1. The summed E-state index contributed by atoms with van der Waals surface area (Å²) in [4.78, 5) is 43.7. The lowest BCUT2D eigenvalue weighted by atomic mass is 9.73. The first-order chi connectivity index (χ1) is 20.1. The van der Waals surface area contributed by atoms with Gasteiger partial charge in [0.15, 0.2) is 0 Å². The fourth-order valence-electron chi connectivity index (χ4n) is 7.30. The Morgan fingerprint density at radius 1 is 1.17 bits per heavy atom. The summed E-state index contributed by atoms with van der Waals surface area (Å²) in [5.74, 6) is -2.15. The molecule has 2 bridgehead atoms. The van der Waals surface area contributed by atoms with Crippen LogP contribution in [0.25, 0.3) is 0 Å². The number of carbonyl (C=O) groups excluding carboxylic acids is 3. The van der Waals surface area contributed by atoms with E-state index in [2.05, 4.69) is 24.5 Å². The summed E-state index contributed by atoms with van der Waals surface area (Å²) in [6, 6.07) is 10.2. The molecule has 3 aliphatic heterocycles. The Labute approximate surface area is 249 Å². The number of hydrogen-bond donors (Lipinski definition) is 2. The highest BCUT2D eigenvalue weighted by Crippen LogP contribution is 2.55. The molecule has 2 aromatic carbocycles. The minimum atomic E-state index is -1.31. The molecule has 3 fully saturated rings. The summed E-state index contributed by atoms with van der Waals surface area (Å²) in [7, 11) is 1.56. The molecule has 8 atom stereocenters. The maximum atomic E-state index is 14.3. The van der Waals surface area contributed by atoms with E-state index in [4.69, 9.17) is 21.1 Å². The van der Waals surface area contributed by atoms with Crippen molar-refractivity contribution in [1.29, 1.82) is 0 Å². The molecule has 42 heavy (non-hydrogen) atoms. The van der Waals surface area contributed by atoms with Gasteiger partial charge in [0.05, 0.1) is 36.6 Å². The number of fused-ring (bicyclic) bond motifs is 1. The number of nitrogens with one attached hydrogen (secondary N) is 2. The standard InChI is InChI=1S/C32H35ClFN3O5/c1-17-7-6-9-23(18(17)2)36-30(39)28-32-14-13-25(42-32)26(29(38)35-20-11-12-22(34)21(33)15-20)27(32)31(40)37(28)16-19-8-4-5-10-24(19)41-3/h4-5,8,10-15,17-18,23,25-28H,6-7,9,16H2,1-3H3,(H,35,38)(H,36,39)/t17-,18-,23-,25+,26-,27+,28+,32+/m1/s1. The smallest absolute Gasteiger partial charge is 0.246 e. The molecule has 0 aromatic heterocycles. The third kappa shape index (κ3) is 4.67. The fraction of sp³-hybridized carbons (Fsp3) is 0.469. The van der Waals surface area contributed by atoms with E-state index in [1.807, 2.05) is 18.2 Å². The first-order valence-electron chi connectivity index (χ1n) is 14.5. The molecule has 2 saturated heterocycles. The van der Waals surface area contributed by atoms with E-state index in [0.29, 0.717) is 17.4 Å². The molecule has 0 unspecified atom stereocenters. The van der Waals surface area contributed by atoms with E-state index in [9.17, 15) is 18.8 Å². The van der Waals surface area contributed by atoms with Crippen LogP contribution in [0.15, 0.2) is 54.6 Å². The average molecular weight is 596 g/mol. The predicted octanol–water partition coefficient (Wildman–Crippen LogP) is 4.72. The van der Waals surface area contributed by atoms with Gasteiger partial charge in [0.25, 0.3) is 0 Å². The first-order valence-corrected chi connectivity index (χ1v) is 14.9. The molecule has 222 valence electrons. The lowest BCUT2D eigenvalue weighted by Crippen LogP contribution is -2.57. The Morgan fingerprint density at radius 2 is 1.95 bits per heavy atom. The van der Waals surface area contributed by atoms with Crippen molar-refractivity contribution < 1.29 is 28.2 Å². The van der Waals surface area contributed by atoms with Gasteiger partial charge in [0.1, 0.15) is 23.2 Å². The fourth-order valence-corrected chi connectivity index (χ4v) is 7.48. The summed E-state index contributed by atoms with van der Waals surface area (Å²) >= 11 is 5.93. The molecule has 3 heterocycles. The molecule has 4 aliphatic rings. The summed E-state index contributed by atoms with van der Waals surface area (Å²) in [6.07, 6.45) is 5.87. The summed E-state index contributed by atoms with van der Waals surface area (Å²) < 4.78 is 25.7. The Hall–Kier alpha value is -3.43. The van der Waals surface area contributed by atoms with Crippen LogP contribution in [-0.4, -0.2) is 53.5 Å². The second-order valence-electron chi connectivity index (χ2n) is 12.0. The van der Waals surface area contributed by atoms with Gasteiger partial charge in [-0.1, -0.05) is 68.6 Å².